The van der Waals surface area contributed by atoms with E-state index in [1.54, 1.807) is 0 Å². The highest BCUT2D eigenvalue weighted by Gasteiger charge is 2.32. The van der Waals surface area contributed by atoms with Gasteiger partial charge in [-0.15, -0.1) is 0 Å². The topological polar surface area (TPSA) is 35.5 Å². The van der Waals surface area contributed by atoms with Crippen LogP contribution < -0.4 is 9.47 Å². The quantitative estimate of drug-likeness (QED) is 0.777. The zero-order valence-electron chi connectivity index (χ0n) is 11.0. The fraction of sp³-hybridized carbons (Fsp3) is 0.562. The molecule has 0 bridgehead atoms. The Morgan fingerprint density at radius 1 is 1.00 bits per heavy atom. The lowest BCUT2D eigenvalue weighted by molar-refractivity contribution is -0.120. The molecule has 1 aromatic rings. The van der Waals surface area contributed by atoms with E-state index in [0.29, 0.717) is 11.7 Å². The molecule has 1 saturated carbocycles. The van der Waals surface area contributed by atoms with Crippen LogP contribution in [0.1, 0.15) is 48.3 Å². The van der Waals surface area contributed by atoms with Gasteiger partial charge < -0.3 is 9.47 Å². The average Bonchev–Trinajstić information content (AvgIpc) is 3.05. The minimum Gasteiger partial charge on any atom is -0.493 e. The average molecular weight is 258 g/mol. The molecule has 1 aromatic carbocycles. The second-order valence-electron chi connectivity index (χ2n) is 5.77. The summed E-state index contributed by atoms with van der Waals surface area (Å²) in [5.74, 6) is 3.08. The summed E-state index contributed by atoms with van der Waals surface area (Å²) in [7, 11) is 0. The number of hydrogen-bond acceptors (Lipinski definition) is 3. The molecule has 19 heavy (non-hydrogen) atoms. The van der Waals surface area contributed by atoms with Crippen molar-refractivity contribution in [2.75, 3.05) is 13.2 Å². The van der Waals surface area contributed by atoms with Gasteiger partial charge in [-0.3, -0.25) is 4.79 Å². The van der Waals surface area contributed by atoms with Gasteiger partial charge in [-0.2, -0.15) is 0 Å². The van der Waals surface area contributed by atoms with Gasteiger partial charge in [0.1, 0.15) is 17.3 Å². The van der Waals surface area contributed by atoms with E-state index in [1.807, 2.05) is 0 Å². The summed E-state index contributed by atoms with van der Waals surface area (Å²) >= 11 is 0. The maximum atomic E-state index is 11.5. The molecule has 2 heterocycles. The molecule has 0 saturated heterocycles. The molecule has 100 valence electrons. The molecule has 3 nitrogen and oxygen atoms in total. The summed E-state index contributed by atoms with van der Waals surface area (Å²) in [5.41, 5.74) is 4.02. The molecule has 3 aliphatic rings. The first-order valence-corrected chi connectivity index (χ1v) is 7.29. The zero-order valence-corrected chi connectivity index (χ0v) is 11.0. The van der Waals surface area contributed by atoms with Crippen LogP contribution >= 0.6 is 0 Å². The van der Waals surface area contributed by atoms with Gasteiger partial charge in [0.15, 0.2) is 0 Å². The lowest BCUT2D eigenvalue weighted by atomic mass is 9.80. The highest BCUT2D eigenvalue weighted by molar-refractivity contribution is 5.79. The van der Waals surface area contributed by atoms with Crippen LogP contribution in [0.5, 0.6) is 11.5 Å². The fourth-order valence-electron chi connectivity index (χ4n) is 3.68. The van der Waals surface area contributed by atoms with Crippen molar-refractivity contribution in [3.63, 3.8) is 0 Å². The highest BCUT2D eigenvalue weighted by Crippen LogP contribution is 2.47. The van der Waals surface area contributed by atoms with Crippen LogP contribution in [0, 0.1) is 0 Å². The molecule has 0 aromatic heterocycles. The Morgan fingerprint density at radius 2 is 1.79 bits per heavy atom. The van der Waals surface area contributed by atoms with Crippen LogP contribution in [-0.4, -0.2) is 19.0 Å². The largest absolute Gasteiger partial charge is 0.493 e. The van der Waals surface area contributed by atoms with E-state index in [9.17, 15) is 4.79 Å². The van der Waals surface area contributed by atoms with Crippen LogP contribution in [0.15, 0.2) is 6.07 Å². The van der Waals surface area contributed by atoms with Crippen molar-refractivity contribution in [2.24, 2.45) is 0 Å². The predicted molar refractivity (Wildman–Crippen MR) is 71.1 cm³/mol. The number of fused-ring (bicyclic) bond motifs is 2. The zero-order chi connectivity index (χ0) is 12.8. The van der Waals surface area contributed by atoms with Crippen molar-refractivity contribution >= 4 is 5.78 Å². The Kier molecular flexibility index (Phi) is 2.54. The van der Waals surface area contributed by atoms with Crippen molar-refractivity contribution in [1.82, 2.24) is 0 Å². The van der Waals surface area contributed by atoms with Crippen molar-refractivity contribution in [3.05, 3.63) is 22.8 Å². The highest BCUT2D eigenvalue weighted by atomic mass is 16.5. The summed E-state index contributed by atoms with van der Waals surface area (Å²) in [6, 6.07) is 2.17. The molecule has 0 N–H and O–H groups in total. The van der Waals surface area contributed by atoms with Gasteiger partial charge in [0.2, 0.25) is 0 Å². The van der Waals surface area contributed by atoms with Gasteiger partial charge in [-0.05, 0) is 24.8 Å². The second-order valence-corrected chi connectivity index (χ2v) is 5.77. The molecule has 0 unspecified atom stereocenters. The molecule has 2 aliphatic heterocycles. The van der Waals surface area contributed by atoms with Gasteiger partial charge in [0.25, 0.3) is 0 Å². The van der Waals surface area contributed by atoms with Gasteiger partial charge in [-0.1, -0.05) is 0 Å². The Morgan fingerprint density at radius 3 is 2.63 bits per heavy atom. The molecule has 1 aliphatic carbocycles. The third-order valence-corrected chi connectivity index (χ3v) is 4.64. The lowest BCUT2D eigenvalue weighted by Crippen LogP contribution is -2.14. The number of hydrogen-bond donors (Lipinski definition) is 0. The minimum absolute atomic E-state index is 0.414. The van der Waals surface area contributed by atoms with Gasteiger partial charge in [-0.25, -0.2) is 0 Å². The van der Waals surface area contributed by atoms with Crippen molar-refractivity contribution in [3.8, 4) is 11.5 Å². The number of ketones is 1. The van der Waals surface area contributed by atoms with Crippen LogP contribution in [0.3, 0.4) is 0 Å². The van der Waals surface area contributed by atoms with E-state index in [-0.39, 0.29) is 0 Å². The third kappa shape index (κ3) is 1.75. The number of Topliss-reactive ketones (excluding diaryl/α,β-unsaturated/α-hetero) is 1. The molecule has 0 radical (unpaired) electrons. The third-order valence-electron chi connectivity index (χ3n) is 4.64. The van der Waals surface area contributed by atoms with Crippen LogP contribution in [0.4, 0.5) is 0 Å². The van der Waals surface area contributed by atoms with E-state index in [2.05, 4.69) is 6.07 Å². The number of rotatable bonds is 1. The predicted octanol–water partition coefficient (Wildman–Crippen LogP) is 2.78. The maximum absolute atomic E-state index is 11.5. The summed E-state index contributed by atoms with van der Waals surface area (Å²) in [5, 5.41) is 0. The summed E-state index contributed by atoms with van der Waals surface area (Å²) in [6.45, 7) is 1.58. The van der Waals surface area contributed by atoms with Crippen molar-refractivity contribution < 1.29 is 14.3 Å². The van der Waals surface area contributed by atoms with E-state index < -0.39 is 0 Å². The van der Waals surface area contributed by atoms with E-state index in [1.165, 1.54) is 16.7 Å². The van der Waals surface area contributed by atoms with Gasteiger partial charge in [0.05, 0.1) is 13.2 Å². The molecule has 1 fully saturated rings. The molecule has 3 heteroatoms. The fourth-order valence-corrected chi connectivity index (χ4v) is 3.68. The number of benzene rings is 1. The van der Waals surface area contributed by atoms with E-state index >= 15 is 0 Å². The summed E-state index contributed by atoms with van der Waals surface area (Å²) < 4.78 is 11.6. The summed E-state index contributed by atoms with van der Waals surface area (Å²) in [6.07, 6.45) is 5.39. The minimum atomic E-state index is 0.414. The first-order valence-electron chi connectivity index (χ1n) is 7.29. The van der Waals surface area contributed by atoms with Crippen LogP contribution in [0.2, 0.25) is 0 Å². The van der Waals surface area contributed by atoms with E-state index in [0.717, 1.165) is 63.2 Å². The molecule has 4 rings (SSSR count). The van der Waals surface area contributed by atoms with Gasteiger partial charge in [0, 0.05) is 42.4 Å². The number of carbonyl (C=O) groups is 1. The Balaban J connectivity index is 1.80. The first kappa shape index (κ1) is 11.3. The van der Waals surface area contributed by atoms with Crippen LogP contribution in [-0.2, 0) is 17.6 Å². The first-order chi connectivity index (χ1) is 9.33. The van der Waals surface area contributed by atoms with Crippen molar-refractivity contribution in [1.29, 1.82) is 0 Å². The molecular formula is C16H18O3. The normalized spacial score (nSPS) is 21.8. The van der Waals surface area contributed by atoms with Crippen molar-refractivity contribution in [2.45, 2.75) is 44.4 Å². The Labute approximate surface area is 112 Å². The maximum Gasteiger partial charge on any atom is 0.132 e. The molecule has 0 spiro atoms. The number of carbonyl (C=O) groups excluding carboxylic acids is 1. The number of ether oxygens (including phenoxy) is 2. The molecular weight excluding hydrogens is 240 g/mol. The lowest BCUT2D eigenvalue weighted by Gasteiger charge is -2.25. The Hall–Kier alpha value is -1.51. The molecule has 0 amide bonds. The second kappa shape index (κ2) is 4.26. The Bertz CT molecular complexity index is 505. The SMILES string of the molecule is O=C1CCC(c2c3c(cc4c2OCC4)OCC3)CC1. The van der Waals surface area contributed by atoms with Crippen LogP contribution in [0.25, 0.3) is 0 Å². The standard InChI is InChI=1S/C16H18O3/c17-12-3-1-10(2-4-12)15-13-6-8-18-14(13)9-11-5-7-19-16(11)15/h9-10H,1-8H2. The van der Waals surface area contributed by atoms with Gasteiger partial charge >= 0.3 is 0 Å². The molecule has 0 atom stereocenters. The monoisotopic (exact) mass is 258 g/mol. The van der Waals surface area contributed by atoms with E-state index in [4.69, 9.17) is 9.47 Å². The smallest absolute Gasteiger partial charge is 0.132 e. The summed E-state index contributed by atoms with van der Waals surface area (Å²) in [4.78, 5) is 11.5.